The summed E-state index contributed by atoms with van der Waals surface area (Å²) in [6.45, 7) is 0. The number of halogens is 1. The van der Waals surface area contributed by atoms with Crippen LogP contribution in [-0.4, -0.2) is 24.6 Å². The molecule has 0 aliphatic heterocycles. The summed E-state index contributed by atoms with van der Waals surface area (Å²) in [7, 11) is 1.55. The molecule has 0 saturated carbocycles. The maximum Gasteiger partial charge on any atom is 0.228 e. The van der Waals surface area contributed by atoms with E-state index < -0.39 is 0 Å². The molecule has 0 bridgehead atoms. The number of ether oxygens (including phenoxy) is 1. The third-order valence-corrected chi connectivity index (χ3v) is 5.42. The van der Waals surface area contributed by atoms with Gasteiger partial charge in [0.1, 0.15) is 5.75 Å². The average Bonchev–Trinajstić information content (AvgIpc) is 2.74. The molecule has 0 heterocycles. The summed E-state index contributed by atoms with van der Waals surface area (Å²) in [6, 6.07) is 21.8. The van der Waals surface area contributed by atoms with E-state index in [9.17, 15) is 9.59 Å². The molecule has 0 aliphatic carbocycles. The molecule has 3 aromatic carbocycles. The van der Waals surface area contributed by atoms with Gasteiger partial charge in [0.25, 0.3) is 0 Å². The Labute approximate surface area is 179 Å². The number of nitrogens with one attached hydrogen (secondary N) is 1. The number of hydrogen-bond acceptors (Lipinski definition) is 4. The van der Waals surface area contributed by atoms with Crippen molar-refractivity contribution < 1.29 is 14.3 Å². The van der Waals surface area contributed by atoms with Crippen molar-refractivity contribution in [3.63, 3.8) is 0 Å². The molecular formula is C23H20ClNO3S. The van der Waals surface area contributed by atoms with E-state index in [1.165, 1.54) is 11.8 Å². The smallest absolute Gasteiger partial charge is 0.228 e. The molecule has 4 nitrogen and oxygen atoms in total. The van der Waals surface area contributed by atoms with Crippen LogP contribution in [0.2, 0.25) is 5.02 Å². The molecule has 6 heteroatoms. The Morgan fingerprint density at radius 3 is 2.52 bits per heavy atom. The zero-order valence-electron chi connectivity index (χ0n) is 15.9. The normalized spacial score (nSPS) is 10.4. The summed E-state index contributed by atoms with van der Waals surface area (Å²) in [6.07, 6.45) is 0.265. The number of para-hydroxylation sites is 1. The Hall–Kier alpha value is -2.76. The number of ketones is 1. The predicted molar refractivity (Wildman–Crippen MR) is 118 cm³/mol. The average molecular weight is 426 g/mol. The molecule has 0 aromatic heterocycles. The van der Waals surface area contributed by atoms with Gasteiger partial charge in [-0.1, -0.05) is 41.9 Å². The van der Waals surface area contributed by atoms with E-state index in [4.69, 9.17) is 16.3 Å². The summed E-state index contributed by atoms with van der Waals surface area (Å²) in [5, 5.41) is 3.53. The molecule has 0 saturated heterocycles. The lowest BCUT2D eigenvalue weighted by molar-refractivity contribution is -0.115. The third kappa shape index (κ3) is 6.11. The molecule has 0 spiro atoms. The highest BCUT2D eigenvalue weighted by Crippen LogP contribution is 2.25. The monoisotopic (exact) mass is 425 g/mol. The number of thioether (sulfide) groups is 1. The minimum Gasteiger partial charge on any atom is -0.496 e. The van der Waals surface area contributed by atoms with Crippen molar-refractivity contribution in [1.82, 2.24) is 0 Å². The van der Waals surface area contributed by atoms with Crippen molar-refractivity contribution >= 4 is 40.7 Å². The number of anilines is 1. The van der Waals surface area contributed by atoms with Gasteiger partial charge >= 0.3 is 0 Å². The highest BCUT2D eigenvalue weighted by Gasteiger charge is 2.12. The second kappa shape index (κ2) is 10.1. The van der Waals surface area contributed by atoms with Gasteiger partial charge in [-0.25, -0.2) is 0 Å². The Morgan fingerprint density at radius 2 is 1.76 bits per heavy atom. The minimum atomic E-state index is -0.112. The molecule has 0 aliphatic rings. The first-order valence-electron chi connectivity index (χ1n) is 8.98. The van der Waals surface area contributed by atoms with Crippen LogP contribution in [-0.2, 0) is 11.2 Å². The Morgan fingerprint density at radius 1 is 1.00 bits per heavy atom. The van der Waals surface area contributed by atoms with Crippen LogP contribution >= 0.6 is 23.4 Å². The van der Waals surface area contributed by atoms with Crippen molar-refractivity contribution in [3.8, 4) is 5.75 Å². The summed E-state index contributed by atoms with van der Waals surface area (Å²) in [5.41, 5.74) is 2.15. The van der Waals surface area contributed by atoms with Crippen LogP contribution in [0, 0.1) is 0 Å². The topological polar surface area (TPSA) is 55.4 Å². The lowest BCUT2D eigenvalue weighted by Gasteiger charge is -2.09. The van der Waals surface area contributed by atoms with Crippen molar-refractivity contribution in [2.24, 2.45) is 0 Å². The zero-order valence-corrected chi connectivity index (χ0v) is 17.4. The Bertz CT molecular complexity index is 1010. The lowest BCUT2D eigenvalue weighted by atomic mass is 10.1. The zero-order chi connectivity index (χ0) is 20.6. The van der Waals surface area contributed by atoms with Crippen LogP contribution in [0.15, 0.2) is 77.7 Å². The summed E-state index contributed by atoms with van der Waals surface area (Å²) in [4.78, 5) is 25.7. The number of hydrogen-bond donors (Lipinski definition) is 1. The first-order chi connectivity index (χ1) is 14.0. The molecule has 1 amide bonds. The largest absolute Gasteiger partial charge is 0.496 e. The van der Waals surface area contributed by atoms with Crippen LogP contribution in [0.1, 0.15) is 15.9 Å². The number of methoxy groups -OCH3 is 1. The van der Waals surface area contributed by atoms with E-state index in [1.54, 1.807) is 31.4 Å². The number of carbonyl (C=O) groups excluding carboxylic acids is 2. The first kappa shape index (κ1) is 21.0. The van der Waals surface area contributed by atoms with Crippen LogP contribution < -0.4 is 10.1 Å². The van der Waals surface area contributed by atoms with Gasteiger partial charge < -0.3 is 10.1 Å². The quantitative estimate of drug-likeness (QED) is 0.382. The molecular weight excluding hydrogens is 406 g/mol. The SMILES string of the molecule is COc1ccccc1C(=O)CSc1cccc(NC(=O)Cc2ccc(Cl)cc2)c1. The minimum absolute atomic E-state index is 0.00960. The van der Waals surface area contributed by atoms with E-state index in [2.05, 4.69) is 5.32 Å². The fraction of sp³-hybridized carbons (Fsp3) is 0.130. The van der Waals surface area contributed by atoms with E-state index in [0.717, 1.165) is 10.5 Å². The summed E-state index contributed by atoms with van der Waals surface area (Å²) >= 11 is 7.29. The van der Waals surface area contributed by atoms with Crippen molar-refractivity contribution in [1.29, 1.82) is 0 Å². The molecule has 0 fully saturated rings. The first-order valence-corrected chi connectivity index (χ1v) is 10.3. The van der Waals surface area contributed by atoms with E-state index >= 15 is 0 Å². The second-order valence-corrected chi connectivity index (χ2v) is 7.78. The second-order valence-electron chi connectivity index (χ2n) is 6.29. The van der Waals surface area contributed by atoms with Gasteiger partial charge in [-0.05, 0) is 48.0 Å². The lowest BCUT2D eigenvalue weighted by Crippen LogP contribution is -2.14. The fourth-order valence-corrected chi connectivity index (χ4v) is 3.72. The van der Waals surface area contributed by atoms with Crippen LogP contribution in [0.25, 0.3) is 0 Å². The third-order valence-electron chi connectivity index (χ3n) is 4.17. The van der Waals surface area contributed by atoms with E-state index in [-0.39, 0.29) is 23.9 Å². The molecule has 0 radical (unpaired) electrons. The number of amides is 1. The van der Waals surface area contributed by atoms with Gasteiger partial charge in [0.15, 0.2) is 5.78 Å². The molecule has 1 N–H and O–H groups in total. The number of rotatable bonds is 8. The maximum absolute atomic E-state index is 12.5. The van der Waals surface area contributed by atoms with Gasteiger partial charge in [0.2, 0.25) is 5.91 Å². The molecule has 0 unspecified atom stereocenters. The predicted octanol–water partition coefficient (Wildman–Crippen LogP) is 5.50. The standard InChI is InChI=1S/C23H20ClNO3S/c1-28-22-8-3-2-7-20(22)21(26)15-29-19-6-4-5-18(14-19)25-23(27)13-16-9-11-17(24)12-10-16/h2-12,14H,13,15H2,1H3,(H,25,27). The molecule has 29 heavy (non-hydrogen) atoms. The highest BCUT2D eigenvalue weighted by molar-refractivity contribution is 8.00. The van der Waals surface area contributed by atoms with E-state index in [1.807, 2.05) is 48.5 Å². The molecule has 3 rings (SSSR count). The molecule has 3 aromatic rings. The van der Waals surface area contributed by atoms with Crippen LogP contribution in [0.3, 0.4) is 0 Å². The number of benzene rings is 3. The van der Waals surface area contributed by atoms with Crippen molar-refractivity contribution in [2.75, 3.05) is 18.2 Å². The number of Topliss-reactive ketones (excluding diaryl/α,β-unsaturated/α-hetero) is 1. The van der Waals surface area contributed by atoms with Crippen molar-refractivity contribution in [3.05, 3.63) is 88.9 Å². The number of carbonyl (C=O) groups is 2. The van der Waals surface area contributed by atoms with Gasteiger partial charge in [0, 0.05) is 15.6 Å². The summed E-state index contributed by atoms with van der Waals surface area (Å²) in [5.74, 6) is 0.730. The van der Waals surface area contributed by atoms with Gasteiger partial charge in [-0.2, -0.15) is 0 Å². The maximum atomic E-state index is 12.5. The summed E-state index contributed by atoms with van der Waals surface area (Å²) < 4.78 is 5.25. The van der Waals surface area contributed by atoms with Crippen molar-refractivity contribution in [2.45, 2.75) is 11.3 Å². The van der Waals surface area contributed by atoms with Gasteiger partial charge in [0.05, 0.1) is 24.8 Å². The molecule has 148 valence electrons. The Balaban J connectivity index is 1.58. The van der Waals surface area contributed by atoms with Gasteiger partial charge in [-0.3, -0.25) is 9.59 Å². The Kier molecular flexibility index (Phi) is 7.33. The van der Waals surface area contributed by atoms with Crippen LogP contribution in [0.4, 0.5) is 5.69 Å². The molecule has 0 atom stereocenters. The van der Waals surface area contributed by atoms with Gasteiger partial charge in [-0.15, -0.1) is 11.8 Å². The van der Waals surface area contributed by atoms with E-state index in [0.29, 0.717) is 22.0 Å². The highest BCUT2D eigenvalue weighted by atomic mass is 35.5. The van der Waals surface area contributed by atoms with Crippen LogP contribution in [0.5, 0.6) is 5.75 Å². The fourth-order valence-electron chi connectivity index (χ4n) is 2.76.